The van der Waals surface area contributed by atoms with Gasteiger partial charge in [0.1, 0.15) is 12.3 Å². The fourth-order valence-corrected chi connectivity index (χ4v) is 2.96. The third-order valence-electron chi connectivity index (χ3n) is 3.94. The van der Waals surface area contributed by atoms with Gasteiger partial charge in [0.2, 0.25) is 5.91 Å². The van der Waals surface area contributed by atoms with Crippen LogP contribution in [-0.4, -0.2) is 29.7 Å². The Morgan fingerprint density at radius 3 is 2.85 bits per heavy atom. The SMILES string of the molecule is [N-]=[N+]=N[C@H]1CCC[C@@H]2OC[C@@H](c3ccccc3)N2C1=O. The smallest absolute Gasteiger partial charge is 0.234 e. The molecule has 3 rings (SSSR count). The van der Waals surface area contributed by atoms with Crippen LogP contribution in [0, 0.1) is 0 Å². The number of ether oxygens (including phenoxy) is 1. The minimum absolute atomic E-state index is 0.0804. The molecule has 20 heavy (non-hydrogen) atoms. The number of hydrogen-bond acceptors (Lipinski definition) is 3. The van der Waals surface area contributed by atoms with Gasteiger partial charge in [-0.3, -0.25) is 4.79 Å². The van der Waals surface area contributed by atoms with E-state index in [-0.39, 0.29) is 18.2 Å². The van der Waals surface area contributed by atoms with Crippen LogP contribution in [0.3, 0.4) is 0 Å². The lowest BCUT2D eigenvalue weighted by atomic mass is 10.1. The topological polar surface area (TPSA) is 78.3 Å². The fraction of sp³-hybridized carbons (Fsp3) is 0.500. The molecule has 0 aliphatic carbocycles. The standard InChI is InChI=1S/C14H16N4O2/c15-17-16-11-7-4-8-13-18(14(11)19)12(9-20-13)10-5-2-1-3-6-10/h1-3,5-6,11-13H,4,7-9H2/t11-,12-,13-/m0/s1. The van der Waals surface area contributed by atoms with Gasteiger partial charge in [0, 0.05) is 4.91 Å². The van der Waals surface area contributed by atoms with Gasteiger partial charge in [-0.2, -0.15) is 0 Å². The number of carbonyl (C=O) groups excluding carboxylic acids is 1. The molecule has 104 valence electrons. The van der Waals surface area contributed by atoms with Crippen molar-refractivity contribution in [2.75, 3.05) is 6.61 Å². The summed E-state index contributed by atoms with van der Waals surface area (Å²) in [4.78, 5) is 17.1. The minimum Gasteiger partial charge on any atom is -0.356 e. The van der Waals surface area contributed by atoms with E-state index in [1.54, 1.807) is 4.90 Å². The molecule has 1 aromatic rings. The summed E-state index contributed by atoms with van der Waals surface area (Å²) in [7, 11) is 0. The Hall–Kier alpha value is -2.04. The summed E-state index contributed by atoms with van der Waals surface area (Å²) in [5, 5.41) is 3.65. The molecular weight excluding hydrogens is 256 g/mol. The number of rotatable bonds is 2. The maximum atomic E-state index is 12.6. The van der Waals surface area contributed by atoms with Gasteiger partial charge in [0.25, 0.3) is 0 Å². The summed E-state index contributed by atoms with van der Waals surface area (Å²) < 4.78 is 5.77. The maximum Gasteiger partial charge on any atom is 0.234 e. The fourth-order valence-electron chi connectivity index (χ4n) is 2.96. The predicted octanol–water partition coefficient (Wildman–Crippen LogP) is 2.78. The second-order valence-electron chi connectivity index (χ2n) is 5.11. The summed E-state index contributed by atoms with van der Waals surface area (Å²) in [6.45, 7) is 0.503. The molecule has 0 saturated carbocycles. The van der Waals surface area contributed by atoms with Gasteiger partial charge in [-0.25, -0.2) is 0 Å². The first-order valence-electron chi connectivity index (χ1n) is 6.84. The highest BCUT2D eigenvalue weighted by Crippen LogP contribution is 2.35. The van der Waals surface area contributed by atoms with Gasteiger partial charge in [-0.05, 0) is 30.4 Å². The van der Waals surface area contributed by atoms with Crippen LogP contribution in [-0.2, 0) is 9.53 Å². The van der Waals surface area contributed by atoms with Crippen molar-refractivity contribution >= 4 is 5.91 Å². The highest BCUT2D eigenvalue weighted by atomic mass is 16.5. The molecule has 2 saturated heterocycles. The van der Waals surface area contributed by atoms with Crippen molar-refractivity contribution in [3.8, 4) is 0 Å². The Balaban J connectivity index is 1.92. The van der Waals surface area contributed by atoms with Gasteiger partial charge < -0.3 is 9.64 Å². The van der Waals surface area contributed by atoms with Crippen LogP contribution in [0.25, 0.3) is 10.4 Å². The van der Waals surface area contributed by atoms with Crippen LogP contribution in [0.1, 0.15) is 30.9 Å². The van der Waals surface area contributed by atoms with Crippen LogP contribution < -0.4 is 0 Å². The van der Waals surface area contributed by atoms with Crippen molar-refractivity contribution in [2.45, 2.75) is 37.6 Å². The Morgan fingerprint density at radius 2 is 2.10 bits per heavy atom. The Kier molecular flexibility index (Phi) is 3.58. The third kappa shape index (κ3) is 2.24. The van der Waals surface area contributed by atoms with E-state index < -0.39 is 6.04 Å². The van der Waals surface area contributed by atoms with Crippen molar-refractivity contribution < 1.29 is 9.53 Å². The van der Waals surface area contributed by atoms with Crippen molar-refractivity contribution in [3.63, 3.8) is 0 Å². The van der Waals surface area contributed by atoms with E-state index in [0.29, 0.717) is 13.0 Å². The van der Waals surface area contributed by atoms with Crippen molar-refractivity contribution in [3.05, 3.63) is 46.3 Å². The number of amides is 1. The number of nitrogens with zero attached hydrogens (tertiary/aromatic N) is 4. The first kappa shape index (κ1) is 13.0. The average molecular weight is 272 g/mol. The summed E-state index contributed by atoms with van der Waals surface area (Å²) in [5.41, 5.74) is 9.67. The van der Waals surface area contributed by atoms with Crippen LogP contribution in [0.2, 0.25) is 0 Å². The van der Waals surface area contributed by atoms with Gasteiger partial charge in [0.05, 0.1) is 12.6 Å². The van der Waals surface area contributed by atoms with Crippen LogP contribution in [0.4, 0.5) is 0 Å². The summed E-state index contributed by atoms with van der Waals surface area (Å²) in [6.07, 6.45) is 2.04. The van der Waals surface area contributed by atoms with Gasteiger partial charge >= 0.3 is 0 Å². The van der Waals surface area contributed by atoms with Crippen LogP contribution in [0.15, 0.2) is 35.4 Å². The van der Waals surface area contributed by atoms with E-state index in [2.05, 4.69) is 10.0 Å². The molecule has 2 heterocycles. The zero-order valence-electron chi connectivity index (χ0n) is 11.1. The molecule has 0 aromatic heterocycles. The molecule has 2 aliphatic heterocycles. The van der Waals surface area contributed by atoms with Crippen LogP contribution in [0.5, 0.6) is 0 Å². The highest BCUT2D eigenvalue weighted by molar-refractivity contribution is 5.83. The molecule has 2 fully saturated rings. The predicted molar refractivity (Wildman–Crippen MR) is 72.6 cm³/mol. The molecule has 0 radical (unpaired) electrons. The third-order valence-corrected chi connectivity index (χ3v) is 3.94. The monoisotopic (exact) mass is 272 g/mol. The van der Waals surface area contributed by atoms with E-state index in [9.17, 15) is 4.79 Å². The van der Waals surface area contributed by atoms with E-state index in [1.165, 1.54) is 0 Å². The number of hydrogen-bond donors (Lipinski definition) is 0. The zero-order chi connectivity index (χ0) is 13.9. The first-order valence-corrected chi connectivity index (χ1v) is 6.84. The van der Waals surface area contributed by atoms with Crippen molar-refractivity contribution in [1.29, 1.82) is 0 Å². The average Bonchev–Trinajstić information content (AvgIpc) is 2.84. The lowest BCUT2D eigenvalue weighted by Gasteiger charge is -2.28. The molecule has 3 atom stereocenters. The Morgan fingerprint density at radius 1 is 1.30 bits per heavy atom. The Labute approximate surface area is 117 Å². The minimum atomic E-state index is -0.599. The van der Waals surface area contributed by atoms with E-state index >= 15 is 0 Å². The number of benzene rings is 1. The summed E-state index contributed by atoms with van der Waals surface area (Å²) in [6, 6.07) is 9.17. The summed E-state index contributed by atoms with van der Waals surface area (Å²) in [5.74, 6) is -0.114. The normalized spacial score (nSPS) is 29.5. The van der Waals surface area contributed by atoms with Gasteiger partial charge in [-0.1, -0.05) is 35.4 Å². The number of fused-ring (bicyclic) bond motifs is 1. The largest absolute Gasteiger partial charge is 0.356 e. The molecule has 6 nitrogen and oxygen atoms in total. The first-order chi connectivity index (χ1) is 9.81. The second kappa shape index (κ2) is 5.53. The molecule has 0 N–H and O–H groups in total. The molecule has 1 amide bonds. The Bertz CT molecular complexity index is 541. The van der Waals surface area contributed by atoms with E-state index in [0.717, 1.165) is 18.4 Å². The molecule has 0 spiro atoms. The second-order valence-corrected chi connectivity index (χ2v) is 5.11. The van der Waals surface area contributed by atoms with Gasteiger partial charge in [-0.15, -0.1) is 0 Å². The number of carbonyl (C=O) groups is 1. The molecule has 6 heteroatoms. The number of azide groups is 1. The highest BCUT2D eigenvalue weighted by Gasteiger charge is 2.42. The summed E-state index contributed by atoms with van der Waals surface area (Å²) >= 11 is 0. The van der Waals surface area contributed by atoms with E-state index in [4.69, 9.17) is 10.3 Å². The van der Waals surface area contributed by atoms with E-state index in [1.807, 2.05) is 30.3 Å². The van der Waals surface area contributed by atoms with Crippen molar-refractivity contribution in [1.82, 2.24) is 4.90 Å². The lowest BCUT2D eigenvalue weighted by Crippen LogP contribution is -2.41. The lowest BCUT2D eigenvalue weighted by molar-refractivity contribution is -0.138. The molecule has 1 aromatic carbocycles. The molecule has 0 unspecified atom stereocenters. The molecular formula is C14H16N4O2. The molecule has 2 aliphatic rings. The van der Waals surface area contributed by atoms with Crippen molar-refractivity contribution in [2.24, 2.45) is 5.11 Å². The quantitative estimate of drug-likeness (QED) is 0.471. The maximum absolute atomic E-state index is 12.6. The zero-order valence-corrected chi connectivity index (χ0v) is 11.1. The molecule has 0 bridgehead atoms. The van der Waals surface area contributed by atoms with Crippen LogP contribution >= 0.6 is 0 Å². The van der Waals surface area contributed by atoms with Gasteiger partial charge in [0.15, 0.2) is 0 Å².